The highest BCUT2D eigenvalue weighted by atomic mass is 32.1. The van der Waals surface area contributed by atoms with E-state index in [2.05, 4.69) is 5.32 Å². The molecule has 2 heterocycles. The first-order chi connectivity index (χ1) is 13.8. The Morgan fingerprint density at radius 1 is 1.07 bits per heavy atom. The van der Waals surface area contributed by atoms with Gasteiger partial charge in [-0.2, -0.15) is 13.2 Å². The number of carbonyl (C=O) groups is 2. The van der Waals surface area contributed by atoms with Crippen LogP contribution in [0, 0.1) is 0 Å². The van der Waals surface area contributed by atoms with Crippen LogP contribution in [0.3, 0.4) is 0 Å². The monoisotopic (exact) mass is 417 g/mol. The number of amides is 1. The largest absolute Gasteiger partial charge is 0.477 e. The van der Waals surface area contributed by atoms with Crippen LogP contribution in [-0.4, -0.2) is 17.0 Å². The molecule has 2 aromatic carbocycles. The zero-order valence-corrected chi connectivity index (χ0v) is 15.6. The first-order valence-electron chi connectivity index (χ1n) is 8.68. The van der Waals surface area contributed by atoms with Crippen LogP contribution in [-0.2, 0) is 11.0 Å². The van der Waals surface area contributed by atoms with E-state index in [1.807, 2.05) is 0 Å². The summed E-state index contributed by atoms with van der Waals surface area (Å²) in [6.45, 7) is 0. The Kier molecular flexibility index (Phi) is 4.66. The SMILES string of the molecule is O=C1C[C@@H](c2ccccc2C(F)(F)F)c2sc(C(=O)O)c(-c3ccccc3)c2N1. The molecule has 0 saturated heterocycles. The second-order valence-electron chi connectivity index (χ2n) is 6.61. The van der Waals surface area contributed by atoms with E-state index < -0.39 is 29.5 Å². The molecule has 0 radical (unpaired) electrons. The van der Waals surface area contributed by atoms with Gasteiger partial charge in [0, 0.05) is 22.8 Å². The van der Waals surface area contributed by atoms with Gasteiger partial charge < -0.3 is 10.4 Å². The molecule has 1 aliphatic heterocycles. The van der Waals surface area contributed by atoms with E-state index in [1.165, 1.54) is 18.2 Å². The van der Waals surface area contributed by atoms with Crippen molar-refractivity contribution in [2.45, 2.75) is 18.5 Å². The Labute approximate surface area is 167 Å². The molecule has 4 nitrogen and oxygen atoms in total. The molecule has 2 N–H and O–H groups in total. The van der Waals surface area contributed by atoms with Gasteiger partial charge in [0.2, 0.25) is 5.91 Å². The van der Waals surface area contributed by atoms with Gasteiger partial charge in [0.15, 0.2) is 0 Å². The number of hydrogen-bond donors (Lipinski definition) is 2. The van der Waals surface area contributed by atoms with Crippen molar-refractivity contribution >= 4 is 28.9 Å². The van der Waals surface area contributed by atoms with Crippen LogP contribution in [0.25, 0.3) is 11.1 Å². The Morgan fingerprint density at radius 2 is 1.72 bits per heavy atom. The molecular weight excluding hydrogens is 403 g/mol. The summed E-state index contributed by atoms with van der Waals surface area (Å²) in [5.41, 5.74) is 0.316. The van der Waals surface area contributed by atoms with Crippen molar-refractivity contribution in [1.82, 2.24) is 0 Å². The van der Waals surface area contributed by atoms with Gasteiger partial charge in [0.1, 0.15) is 4.88 Å². The second-order valence-corrected chi connectivity index (χ2v) is 7.66. The summed E-state index contributed by atoms with van der Waals surface area (Å²) in [6, 6.07) is 13.7. The first kappa shape index (κ1) is 19.2. The second kappa shape index (κ2) is 7.04. The number of fused-ring (bicyclic) bond motifs is 1. The summed E-state index contributed by atoms with van der Waals surface area (Å²) in [7, 11) is 0. The zero-order valence-electron chi connectivity index (χ0n) is 14.8. The van der Waals surface area contributed by atoms with Gasteiger partial charge in [0.25, 0.3) is 0 Å². The van der Waals surface area contributed by atoms with Crippen LogP contribution in [0.4, 0.5) is 18.9 Å². The molecule has 0 spiro atoms. The standard InChI is InChI=1S/C21H14F3NO3S/c22-21(23,24)14-9-5-4-8-12(14)13-10-15(26)25-17-16(11-6-2-1-3-7-11)19(20(27)28)29-18(13)17/h1-9,13H,10H2,(H,25,26)(H,27,28)/t13-/m0/s1. The number of hydrogen-bond acceptors (Lipinski definition) is 3. The third-order valence-electron chi connectivity index (χ3n) is 4.80. The van der Waals surface area contributed by atoms with Crippen LogP contribution in [0.15, 0.2) is 54.6 Å². The minimum absolute atomic E-state index is 0.0158. The van der Waals surface area contributed by atoms with Crippen molar-refractivity contribution in [2.24, 2.45) is 0 Å². The van der Waals surface area contributed by atoms with Crippen LogP contribution in [0.2, 0.25) is 0 Å². The van der Waals surface area contributed by atoms with Crippen LogP contribution >= 0.6 is 11.3 Å². The highest BCUT2D eigenvalue weighted by Gasteiger charge is 2.40. The first-order valence-corrected chi connectivity index (χ1v) is 9.50. The fourth-order valence-electron chi connectivity index (χ4n) is 3.63. The minimum atomic E-state index is -4.58. The van der Waals surface area contributed by atoms with E-state index >= 15 is 0 Å². The van der Waals surface area contributed by atoms with E-state index in [4.69, 9.17) is 0 Å². The van der Waals surface area contributed by atoms with Gasteiger partial charge in [-0.25, -0.2) is 4.79 Å². The van der Waals surface area contributed by atoms with Crippen molar-refractivity contribution in [2.75, 3.05) is 5.32 Å². The Bertz CT molecular complexity index is 1110. The predicted octanol–water partition coefficient (Wildman–Crippen LogP) is 5.61. The maximum absolute atomic E-state index is 13.6. The molecule has 4 rings (SSSR count). The Morgan fingerprint density at radius 3 is 2.38 bits per heavy atom. The summed E-state index contributed by atoms with van der Waals surface area (Å²) in [5.74, 6) is -2.52. The maximum Gasteiger partial charge on any atom is 0.416 e. The van der Waals surface area contributed by atoms with Crippen LogP contribution < -0.4 is 5.32 Å². The van der Waals surface area contributed by atoms with Crippen molar-refractivity contribution < 1.29 is 27.9 Å². The number of halogens is 3. The van der Waals surface area contributed by atoms with Gasteiger partial charge in [-0.1, -0.05) is 48.5 Å². The van der Waals surface area contributed by atoms with Gasteiger partial charge in [-0.3, -0.25) is 4.79 Å². The molecule has 29 heavy (non-hydrogen) atoms. The number of carboxylic acids is 1. The Balaban J connectivity index is 1.97. The molecule has 0 bridgehead atoms. The lowest BCUT2D eigenvalue weighted by Crippen LogP contribution is -2.24. The molecule has 148 valence electrons. The van der Waals surface area contributed by atoms with E-state index in [0.717, 1.165) is 17.4 Å². The van der Waals surface area contributed by atoms with Crippen LogP contribution in [0.5, 0.6) is 0 Å². The van der Waals surface area contributed by atoms with Crippen molar-refractivity contribution in [3.8, 4) is 11.1 Å². The molecule has 1 aromatic heterocycles. The summed E-state index contributed by atoms with van der Waals surface area (Å²) in [5, 5.41) is 12.4. The highest BCUT2D eigenvalue weighted by Crippen LogP contribution is 2.51. The molecule has 3 aromatic rings. The molecule has 1 amide bonds. The van der Waals surface area contributed by atoms with Crippen molar-refractivity contribution in [3.05, 3.63) is 75.5 Å². The number of carboxylic acid groups (broad SMARTS) is 1. The summed E-state index contributed by atoms with van der Waals surface area (Å²) < 4.78 is 40.7. The van der Waals surface area contributed by atoms with E-state index in [9.17, 15) is 27.9 Å². The number of aromatic carboxylic acids is 1. The van der Waals surface area contributed by atoms with Crippen molar-refractivity contribution in [1.29, 1.82) is 0 Å². The van der Waals surface area contributed by atoms with Gasteiger partial charge in [-0.05, 0) is 17.2 Å². The van der Waals surface area contributed by atoms with E-state index in [1.54, 1.807) is 30.3 Å². The number of benzene rings is 2. The third-order valence-corrected chi connectivity index (χ3v) is 6.10. The van der Waals surface area contributed by atoms with Gasteiger partial charge in [-0.15, -0.1) is 11.3 Å². The van der Waals surface area contributed by atoms with Crippen molar-refractivity contribution in [3.63, 3.8) is 0 Å². The van der Waals surface area contributed by atoms with Gasteiger partial charge >= 0.3 is 12.1 Å². The molecule has 0 unspecified atom stereocenters. The number of nitrogens with one attached hydrogen (secondary N) is 1. The topological polar surface area (TPSA) is 66.4 Å². The molecule has 1 aliphatic rings. The number of carbonyl (C=O) groups excluding carboxylic acids is 1. The predicted molar refractivity (Wildman–Crippen MR) is 103 cm³/mol. The molecular formula is C21H14F3NO3S. The molecule has 0 aliphatic carbocycles. The zero-order chi connectivity index (χ0) is 20.8. The summed E-state index contributed by atoms with van der Waals surface area (Å²) in [4.78, 5) is 24.7. The number of thiophene rings is 1. The normalized spacial score (nSPS) is 16.2. The fourth-order valence-corrected chi connectivity index (χ4v) is 4.86. The smallest absolute Gasteiger partial charge is 0.416 e. The third kappa shape index (κ3) is 3.40. The molecule has 0 fully saturated rings. The summed E-state index contributed by atoms with van der Waals surface area (Å²) in [6.07, 6.45) is -4.77. The number of alkyl halides is 3. The molecule has 0 saturated carbocycles. The number of anilines is 1. The highest BCUT2D eigenvalue weighted by molar-refractivity contribution is 7.15. The fraction of sp³-hybridized carbons (Fsp3) is 0.143. The molecule has 1 atom stereocenters. The lowest BCUT2D eigenvalue weighted by Gasteiger charge is -2.26. The number of rotatable bonds is 3. The van der Waals surface area contributed by atoms with Crippen LogP contribution in [0.1, 0.15) is 38.0 Å². The summed E-state index contributed by atoms with van der Waals surface area (Å²) >= 11 is 0.908. The average molecular weight is 417 g/mol. The van der Waals surface area contributed by atoms with Gasteiger partial charge in [0.05, 0.1) is 11.3 Å². The quantitative estimate of drug-likeness (QED) is 0.582. The maximum atomic E-state index is 13.6. The molecule has 8 heteroatoms. The van der Waals surface area contributed by atoms with E-state index in [-0.39, 0.29) is 22.5 Å². The lowest BCUT2D eigenvalue weighted by atomic mass is 9.86. The Hall–Kier alpha value is -3.13. The average Bonchev–Trinajstić information content (AvgIpc) is 3.07. The minimum Gasteiger partial charge on any atom is -0.477 e. The van der Waals surface area contributed by atoms with E-state index in [0.29, 0.717) is 16.0 Å². The lowest BCUT2D eigenvalue weighted by molar-refractivity contribution is -0.138.